The number of hydrogen-bond donors (Lipinski definition) is 5. The van der Waals surface area contributed by atoms with Gasteiger partial charge in [0.25, 0.3) is 0 Å². The molecule has 5 N–H and O–H groups in total. The number of aliphatic hydroxyl groups is 5. The van der Waals surface area contributed by atoms with E-state index < -0.39 is 49.0 Å². The van der Waals surface area contributed by atoms with Crippen molar-refractivity contribution >= 4 is 0 Å². The van der Waals surface area contributed by atoms with E-state index in [2.05, 4.69) is 0 Å². The Morgan fingerprint density at radius 1 is 1.25 bits per heavy atom. The molecule has 0 bridgehead atoms. The molecule has 7 atom stereocenters. The monoisotopic (exact) mass is 287 g/mol. The van der Waals surface area contributed by atoms with E-state index in [0.29, 0.717) is 0 Å². The molecule has 1 aliphatic heterocycles. The lowest BCUT2D eigenvalue weighted by atomic mass is 9.98. The number of aliphatic hydroxyl groups excluding tert-OH is 5. The second kappa shape index (κ2) is 5.75. The fraction of sp³-hybridized carbons (Fsp3) is 0.750. The van der Waals surface area contributed by atoms with Crippen molar-refractivity contribution in [1.82, 2.24) is 0 Å². The van der Waals surface area contributed by atoms with Crippen LogP contribution in [0.5, 0.6) is 0 Å². The van der Waals surface area contributed by atoms with Crippen LogP contribution in [0, 0.1) is 11.3 Å². The van der Waals surface area contributed by atoms with Crippen molar-refractivity contribution in [1.29, 1.82) is 5.26 Å². The van der Waals surface area contributed by atoms with Crippen molar-refractivity contribution in [2.45, 2.75) is 48.8 Å². The maximum atomic E-state index is 9.82. The van der Waals surface area contributed by atoms with Crippen LogP contribution < -0.4 is 0 Å². The van der Waals surface area contributed by atoms with E-state index in [0.717, 1.165) is 0 Å². The first-order valence-electron chi connectivity index (χ1n) is 6.19. The van der Waals surface area contributed by atoms with E-state index in [1.54, 1.807) is 0 Å². The van der Waals surface area contributed by atoms with Gasteiger partial charge in [0.15, 0.2) is 11.9 Å². The van der Waals surface area contributed by atoms with E-state index >= 15 is 0 Å². The van der Waals surface area contributed by atoms with Gasteiger partial charge in [0.2, 0.25) is 0 Å². The van der Waals surface area contributed by atoms with Gasteiger partial charge in [0.1, 0.15) is 30.5 Å². The zero-order valence-electron chi connectivity index (χ0n) is 10.5. The molecule has 0 spiro atoms. The van der Waals surface area contributed by atoms with E-state index in [1.165, 1.54) is 12.2 Å². The summed E-state index contributed by atoms with van der Waals surface area (Å²) < 4.78 is 10.5. The maximum Gasteiger partial charge on any atom is 0.189 e. The average molecular weight is 287 g/mol. The standard InChI is InChI=1S/C12H17NO7/c13-5-12(2-1-6(15)3-12)20-11-10(18)9(17)8(16)7(4-14)19-11/h1-2,6-11,14-18H,3-4H2/t6-,7-,8-,9+,10-,11+,12+/m1/s1. The minimum absolute atomic E-state index is 0.0292. The van der Waals surface area contributed by atoms with Crippen molar-refractivity contribution in [2.24, 2.45) is 0 Å². The third-order valence-corrected chi connectivity index (χ3v) is 3.46. The summed E-state index contributed by atoms with van der Waals surface area (Å²) in [5, 5.41) is 56.7. The highest BCUT2D eigenvalue weighted by molar-refractivity contribution is 5.24. The van der Waals surface area contributed by atoms with Crippen LogP contribution in [0.1, 0.15) is 6.42 Å². The topological polar surface area (TPSA) is 143 Å². The highest BCUT2D eigenvalue weighted by Gasteiger charge is 2.48. The molecular weight excluding hydrogens is 270 g/mol. The fourth-order valence-corrected chi connectivity index (χ4v) is 2.28. The molecule has 1 aliphatic carbocycles. The normalized spacial score (nSPS) is 48.2. The van der Waals surface area contributed by atoms with Gasteiger partial charge in [0, 0.05) is 6.42 Å². The quantitative estimate of drug-likeness (QED) is 0.355. The van der Waals surface area contributed by atoms with Crippen molar-refractivity contribution in [3.8, 4) is 6.07 Å². The average Bonchev–Trinajstić information content (AvgIpc) is 2.81. The summed E-state index contributed by atoms with van der Waals surface area (Å²) in [6.07, 6.45) is -5.30. The van der Waals surface area contributed by atoms with Crippen LogP contribution in [0.3, 0.4) is 0 Å². The smallest absolute Gasteiger partial charge is 0.189 e. The van der Waals surface area contributed by atoms with Crippen LogP contribution in [-0.2, 0) is 9.47 Å². The fourth-order valence-electron chi connectivity index (χ4n) is 2.28. The largest absolute Gasteiger partial charge is 0.394 e. The molecular formula is C12H17NO7. The SMILES string of the molecule is N#C[C@]1(O[C@@H]2O[C@H](CO)[C@@H](O)[C@H](O)[C@H]2O)C=C[C@@H](O)C1. The molecule has 0 aromatic rings. The highest BCUT2D eigenvalue weighted by Crippen LogP contribution is 2.32. The molecule has 8 nitrogen and oxygen atoms in total. The van der Waals surface area contributed by atoms with Crippen LogP contribution in [0.4, 0.5) is 0 Å². The summed E-state index contributed by atoms with van der Waals surface area (Å²) in [4.78, 5) is 0. The first-order valence-corrected chi connectivity index (χ1v) is 6.19. The van der Waals surface area contributed by atoms with Gasteiger partial charge in [-0.25, -0.2) is 0 Å². The van der Waals surface area contributed by atoms with Crippen LogP contribution in [0.25, 0.3) is 0 Å². The molecule has 1 saturated heterocycles. The van der Waals surface area contributed by atoms with Gasteiger partial charge >= 0.3 is 0 Å². The third-order valence-electron chi connectivity index (χ3n) is 3.46. The molecule has 0 amide bonds. The number of nitrogens with zero attached hydrogens (tertiary/aromatic N) is 1. The number of ether oxygens (including phenoxy) is 2. The zero-order valence-corrected chi connectivity index (χ0v) is 10.5. The lowest BCUT2D eigenvalue weighted by Gasteiger charge is -2.41. The van der Waals surface area contributed by atoms with Gasteiger partial charge in [-0.15, -0.1) is 0 Å². The van der Waals surface area contributed by atoms with Gasteiger partial charge < -0.3 is 35.0 Å². The lowest BCUT2D eigenvalue weighted by Crippen LogP contribution is -2.60. The summed E-state index contributed by atoms with van der Waals surface area (Å²) in [5.41, 5.74) is -1.48. The summed E-state index contributed by atoms with van der Waals surface area (Å²) >= 11 is 0. The number of hydrogen-bond acceptors (Lipinski definition) is 8. The van der Waals surface area contributed by atoms with Gasteiger partial charge in [-0.1, -0.05) is 6.08 Å². The Morgan fingerprint density at radius 2 is 1.95 bits per heavy atom. The maximum absolute atomic E-state index is 9.82. The van der Waals surface area contributed by atoms with Crippen molar-refractivity contribution < 1.29 is 35.0 Å². The second-order valence-electron chi connectivity index (χ2n) is 4.95. The Labute approximate surface area is 115 Å². The third kappa shape index (κ3) is 2.70. The molecule has 1 heterocycles. The zero-order chi connectivity index (χ0) is 14.9. The Morgan fingerprint density at radius 3 is 2.45 bits per heavy atom. The van der Waals surface area contributed by atoms with Crippen LogP contribution in [-0.4, -0.2) is 74.6 Å². The van der Waals surface area contributed by atoms with Gasteiger partial charge in [0.05, 0.1) is 12.7 Å². The highest BCUT2D eigenvalue weighted by atomic mass is 16.7. The van der Waals surface area contributed by atoms with Gasteiger partial charge in [-0.05, 0) is 6.08 Å². The molecule has 1 fully saturated rings. The van der Waals surface area contributed by atoms with Crippen LogP contribution in [0.2, 0.25) is 0 Å². The van der Waals surface area contributed by atoms with Crippen molar-refractivity contribution in [3.63, 3.8) is 0 Å². The first-order chi connectivity index (χ1) is 9.42. The Balaban J connectivity index is 2.12. The van der Waals surface area contributed by atoms with E-state index in [9.17, 15) is 20.4 Å². The number of rotatable bonds is 3. The Bertz CT molecular complexity index is 421. The van der Waals surface area contributed by atoms with Crippen molar-refractivity contribution in [2.75, 3.05) is 6.61 Å². The molecule has 0 unspecified atom stereocenters. The Hall–Kier alpha value is -1.05. The van der Waals surface area contributed by atoms with Gasteiger partial charge in [-0.2, -0.15) is 5.26 Å². The molecule has 8 heteroatoms. The predicted octanol–water partition coefficient (Wildman–Crippen LogP) is -2.61. The number of nitriles is 1. The molecule has 20 heavy (non-hydrogen) atoms. The van der Waals surface area contributed by atoms with E-state index in [-0.39, 0.29) is 6.42 Å². The summed E-state index contributed by atoms with van der Waals surface area (Å²) in [6.45, 7) is -0.581. The molecule has 112 valence electrons. The minimum atomic E-state index is -1.58. The molecule has 0 aromatic carbocycles. The molecule has 0 radical (unpaired) electrons. The van der Waals surface area contributed by atoms with Crippen molar-refractivity contribution in [3.05, 3.63) is 12.2 Å². The van der Waals surface area contributed by atoms with Crippen LogP contribution >= 0.6 is 0 Å². The summed E-state index contributed by atoms with van der Waals surface area (Å²) in [7, 11) is 0. The summed E-state index contributed by atoms with van der Waals surface area (Å²) in [6, 6.07) is 1.87. The minimum Gasteiger partial charge on any atom is -0.394 e. The predicted molar refractivity (Wildman–Crippen MR) is 63.0 cm³/mol. The molecule has 2 rings (SSSR count). The van der Waals surface area contributed by atoms with E-state index in [1.807, 2.05) is 6.07 Å². The second-order valence-corrected chi connectivity index (χ2v) is 4.95. The summed E-state index contributed by atoms with van der Waals surface area (Å²) in [5.74, 6) is 0. The molecule has 0 aromatic heterocycles. The first kappa shape index (κ1) is 15.3. The van der Waals surface area contributed by atoms with Crippen LogP contribution in [0.15, 0.2) is 12.2 Å². The lowest BCUT2D eigenvalue weighted by molar-refractivity contribution is -0.315. The molecule has 2 aliphatic rings. The molecule has 0 saturated carbocycles. The van der Waals surface area contributed by atoms with E-state index in [4.69, 9.17) is 19.8 Å². The van der Waals surface area contributed by atoms with Gasteiger partial charge in [-0.3, -0.25) is 0 Å². The Kier molecular flexibility index (Phi) is 4.41.